The number of rotatable bonds is 3. The third kappa shape index (κ3) is 2.55. The molecule has 0 atom stereocenters. The molecule has 0 fully saturated rings. The summed E-state index contributed by atoms with van der Waals surface area (Å²) in [5.41, 5.74) is 1.76. The molecule has 0 aliphatic carbocycles. The Balaban J connectivity index is 2.05. The first-order chi connectivity index (χ1) is 9.65. The number of aromatic nitrogens is 4. The molecule has 1 N–H and O–H groups in total. The van der Waals surface area contributed by atoms with Crippen LogP contribution in [0.5, 0.6) is 0 Å². The summed E-state index contributed by atoms with van der Waals surface area (Å²) in [7, 11) is 0. The second-order valence-electron chi connectivity index (χ2n) is 4.29. The van der Waals surface area contributed by atoms with E-state index >= 15 is 0 Å². The van der Waals surface area contributed by atoms with Crippen LogP contribution in [0.2, 0.25) is 5.02 Å². The van der Waals surface area contributed by atoms with Gasteiger partial charge in [-0.2, -0.15) is 9.50 Å². The molecular weight excluding hydrogens is 297 g/mol. The maximum atomic E-state index is 5.88. The van der Waals surface area contributed by atoms with E-state index in [4.69, 9.17) is 23.2 Å². The Morgan fingerprint density at radius 3 is 2.65 bits per heavy atom. The van der Waals surface area contributed by atoms with Crippen molar-refractivity contribution in [2.75, 3.05) is 5.32 Å². The summed E-state index contributed by atoms with van der Waals surface area (Å²) in [6, 6.07) is 9.32. The van der Waals surface area contributed by atoms with Gasteiger partial charge in [0.1, 0.15) is 5.82 Å². The average Bonchev–Trinajstić information content (AvgIpc) is 2.84. The molecule has 20 heavy (non-hydrogen) atoms. The van der Waals surface area contributed by atoms with Gasteiger partial charge >= 0.3 is 0 Å². The Kier molecular flexibility index (Phi) is 3.46. The smallest absolute Gasteiger partial charge is 0.254 e. The predicted octanol–water partition coefficient (Wildman–Crippen LogP) is 3.57. The lowest BCUT2D eigenvalue weighted by Gasteiger charge is -2.08. The second-order valence-corrected chi connectivity index (χ2v) is 4.99. The van der Waals surface area contributed by atoms with Crippen molar-refractivity contribution >= 4 is 40.5 Å². The van der Waals surface area contributed by atoms with Crippen molar-refractivity contribution in [1.29, 1.82) is 0 Å². The van der Waals surface area contributed by atoms with Gasteiger partial charge < -0.3 is 5.32 Å². The first-order valence-corrected chi connectivity index (χ1v) is 6.89. The molecule has 0 saturated heterocycles. The van der Waals surface area contributed by atoms with Gasteiger partial charge in [-0.3, -0.25) is 0 Å². The average molecular weight is 308 g/mol. The van der Waals surface area contributed by atoms with E-state index in [1.807, 2.05) is 37.3 Å². The Morgan fingerprint density at radius 1 is 1.20 bits per heavy atom. The van der Waals surface area contributed by atoms with E-state index in [0.717, 1.165) is 17.2 Å². The number of fused-ring (bicyclic) bond motifs is 1. The number of halogens is 2. The van der Waals surface area contributed by atoms with Crippen LogP contribution in [0.15, 0.2) is 30.3 Å². The Hall–Kier alpha value is -1.85. The quantitative estimate of drug-likeness (QED) is 0.752. The summed E-state index contributed by atoms with van der Waals surface area (Å²) in [6.07, 6.45) is 0. The molecule has 0 aliphatic heterocycles. The Morgan fingerprint density at radius 2 is 1.95 bits per heavy atom. The zero-order chi connectivity index (χ0) is 14.1. The van der Waals surface area contributed by atoms with E-state index in [0.29, 0.717) is 16.6 Å². The minimum absolute atomic E-state index is 0.253. The van der Waals surface area contributed by atoms with Gasteiger partial charge in [-0.25, -0.2) is 4.98 Å². The van der Waals surface area contributed by atoms with Gasteiger partial charge in [-0.1, -0.05) is 11.6 Å². The third-order valence-corrected chi connectivity index (χ3v) is 3.21. The fourth-order valence-corrected chi connectivity index (χ4v) is 2.09. The van der Waals surface area contributed by atoms with Gasteiger partial charge in [0.2, 0.25) is 0 Å². The number of benzene rings is 1. The van der Waals surface area contributed by atoms with E-state index in [1.165, 1.54) is 0 Å². The molecule has 3 aromatic rings. The highest BCUT2D eigenvalue weighted by molar-refractivity contribution is 6.30. The van der Waals surface area contributed by atoms with Gasteiger partial charge in [-0.15, -0.1) is 16.7 Å². The number of hydrogen-bond acceptors (Lipinski definition) is 4. The van der Waals surface area contributed by atoms with E-state index in [-0.39, 0.29) is 5.88 Å². The van der Waals surface area contributed by atoms with Crippen molar-refractivity contribution in [3.05, 3.63) is 46.9 Å². The lowest BCUT2D eigenvalue weighted by atomic mass is 10.3. The van der Waals surface area contributed by atoms with Crippen molar-refractivity contribution in [3.63, 3.8) is 0 Å². The summed E-state index contributed by atoms with van der Waals surface area (Å²) >= 11 is 11.6. The van der Waals surface area contributed by atoms with Crippen molar-refractivity contribution in [3.8, 4) is 0 Å². The van der Waals surface area contributed by atoms with E-state index in [1.54, 1.807) is 4.52 Å². The number of anilines is 2. The molecular formula is C13H11Cl2N5. The maximum absolute atomic E-state index is 5.88. The van der Waals surface area contributed by atoms with Gasteiger partial charge in [0.15, 0.2) is 5.82 Å². The predicted molar refractivity (Wildman–Crippen MR) is 79.8 cm³/mol. The molecule has 102 valence electrons. The van der Waals surface area contributed by atoms with Gasteiger partial charge in [0.05, 0.1) is 5.88 Å². The molecule has 2 aromatic heterocycles. The van der Waals surface area contributed by atoms with Crippen molar-refractivity contribution in [1.82, 2.24) is 19.6 Å². The standard InChI is InChI=1S/C13H11Cl2N5/c1-8-6-12(17-10-4-2-9(15)3-5-10)20-13(16-8)18-11(7-14)19-20/h2-6,17H,7H2,1H3. The van der Waals surface area contributed by atoms with Crippen molar-refractivity contribution in [2.24, 2.45) is 0 Å². The van der Waals surface area contributed by atoms with Crippen LogP contribution in [0, 0.1) is 6.92 Å². The number of nitrogens with one attached hydrogen (secondary N) is 1. The molecule has 5 nitrogen and oxygen atoms in total. The van der Waals surface area contributed by atoms with Crippen LogP contribution in [0.25, 0.3) is 5.78 Å². The summed E-state index contributed by atoms with van der Waals surface area (Å²) in [4.78, 5) is 8.59. The molecule has 0 amide bonds. The summed E-state index contributed by atoms with van der Waals surface area (Å²) in [5, 5.41) is 8.27. The molecule has 0 unspecified atom stereocenters. The minimum atomic E-state index is 0.253. The van der Waals surface area contributed by atoms with E-state index in [2.05, 4.69) is 20.4 Å². The molecule has 7 heteroatoms. The monoisotopic (exact) mass is 307 g/mol. The van der Waals surface area contributed by atoms with Gasteiger partial charge in [0.25, 0.3) is 5.78 Å². The number of hydrogen-bond donors (Lipinski definition) is 1. The zero-order valence-electron chi connectivity index (χ0n) is 10.6. The highest BCUT2D eigenvalue weighted by Crippen LogP contribution is 2.20. The first kappa shape index (κ1) is 13.1. The normalized spacial score (nSPS) is 10.9. The van der Waals surface area contributed by atoms with E-state index < -0.39 is 0 Å². The van der Waals surface area contributed by atoms with Crippen LogP contribution < -0.4 is 5.32 Å². The largest absolute Gasteiger partial charge is 0.340 e. The number of nitrogens with zero attached hydrogens (tertiary/aromatic N) is 4. The molecule has 2 heterocycles. The molecule has 0 bridgehead atoms. The minimum Gasteiger partial charge on any atom is -0.340 e. The SMILES string of the molecule is Cc1cc(Nc2ccc(Cl)cc2)n2nc(CCl)nc2n1. The summed E-state index contributed by atoms with van der Waals surface area (Å²) in [6.45, 7) is 1.90. The lowest BCUT2D eigenvalue weighted by Crippen LogP contribution is -2.02. The summed E-state index contributed by atoms with van der Waals surface area (Å²) in [5.74, 6) is 2.10. The number of aryl methyl sites for hydroxylation is 1. The third-order valence-electron chi connectivity index (χ3n) is 2.72. The molecule has 3 rings (SSSR count). The number of alkyl halides is 1. The van der Waals surface area contributed by atoms with Crippen LogP contribution in [0.1, 0.15) is 11.5 Å². The Bertz CT molecular complexity index is 751. The molecule has 0 saturated carbocycles. The van der Waals surface area contributed by atoms with Crippen LogP contribution in [-0.4, -0.2) is 19.6 Å². The zero-order valence-corrected chi connectivity index (χ0v) is 12.2. The lowest BCUT2D eigenvalue weighted by molar-refractivity contribution is 0.911. The topological polar surface area (TPSA) is 55.1 Å². The molecule has 0 aliphatic rings. The van der Waals surface area contributed by atoms with Crippen LogP contribution >= 0.6 is 23.2 Å². The van der Waals surface area contributed by atoms with Crippen molar-refractivity contribution < 1.29 is 0 Å². The molecule has 0 radical (unpaired) electrons. The first-order valence-electron chi connectivity index (χ1n) is 5.97. The molecule has 1 aromatic carbocycles. The Labute approximate surface area is 125 Å². The molecule has 0 spiro atoms. The maximum Gasteiger partial charge on any atom is 0.254 e. The fraction of sp³-hybridized carbons (Fsp3) is 0.154. The highest BCUT2D eigenvalue weighted by atomic mass is 35.5. The van der Waals surface area contributed by atoms with Crippen LogP contribution in [0.4, 0.5) is 11.5 Å². The fourth-order valence-electron chi connectivity index (χ4n) is 1.86. The second kappa shape index (κ2) is 5.26. The van der Waals surface area contributed by atoms with E-state index in [9.17, 15) is 0 Å². The van der Waals surface area contributed by atoms with Gasteiger partial charge in [-0.05, 0) is 31.2 Å². The van der Waals surface area contributed by atoms with Crippen LogP contribution in [0.3, 0.4) is 0 Å². The van der Waals surface area contributed by atoms with Gasteiger partial charge in [0, 0.05) is 22.5 Å². The summed E-state index contributed by atoms with van der Waals surface area (Å²) < 4.78 is 1.64. The highest BCUT2D eigenvalue weighted by Gasteiger charge is 2.09. The van der Waals surface area contributed by atoms with Crippen molar-refractivity contribution in [2.45, 2.75) is 12.8 Å². The van der Waals surface area contributed by atoms with Crippen LogP contribution in [-0.2, 0) is 5.88 Å².